The molecule has 0 radical (unpaired) electrons. The molecule has 3 rings (SSSR count). The molecular formula is C20H32ClN3O2. The van der Waals surface area contributed by atoms with Gasteiger partial charge in [-0.3, -0.25) is 9.69 Å². The molecule has 146 valence electrons. The lowest BCUT2D eigenvalue weighted by Gasteiger charge is -2.40. The maximum absolute atomic E-state index is 12.8. The van der Waals surface area contributed by atoms with Crippen LogP contribution in [0.2, 0.25) is 0 Å². The number of rotatable bonds is 4. The standard InChI is InChI=1S/C20H31N3O2.ClH/c1-15-13-18(7-8-21-15)20(24)23-11-9-22(10-12-23)16(2)17-5-4-6-19(14-17)25-3;/h4-6,14-16,18,21H,7-13H2,1-3H3;1H/t15-,16?,18-;/m0./s1. The molecule has 5 nitrogen and oxygen atoms in total. The maximum Gasteiger partial charge on any atom is 0.225 e. The monoisotopic (exact) mass is 381 g/mol. The molecule has 2 saturated heterocycles. The van der Waals surface area contributed by atoms with Crippen LogP contribution < -0.4 is 10.1 Å². The van der Waals surface area contributed by atoms with Crippen molar-refractivity contribution in [1.82, 2.24) is 15.1 Å². The number of nitrogens with zero attached hydrogens (tertiary/aromatic N) is 2. The third-order valence-corrected chi connectivity index (χ3v) is 5.72. The van der Waals surface area contributed by atoms with Crippen molar-refractivity contribution in [3.05, 3.63) is 29.8 Å². The number of carbonyl (C=O) groups is 1. The minimum absolute atomic E-state index is 0. The number of hydrogen-bond donors (Lipinski definition) is 1. The Morgan fingerprint density at radius 3 is 2.65 bits per heavy atom. The van der Waals surface area contributed by atoms with Crippen molar-refractivity contribution in [1.29, 1.82) is 0 Å². The molecule has 3 atom stereocenters. The van der Waals surface area contributed by atoms with E-state index in [0.717, 1.165) is 51.3 Å². The molecule has 1 aromatic rings. The number of ether oxygens (including phenoxy) is 1. The lowest BCUT2D eigenvalue weighted by Crippen LogP contribution is -2.52. The summed E-state index contributed by atoms with van der Waals surface area (Å²) in [5.74, 6) is 1.47. The van der Waals surface area contributed by atoms with E-state index in [-0.39, 0.29) is 18.3 Å². The zero-order valence-corrected chi connectivity index (χ0v) is 16.9. The molecule has 1 amide bonds. The van der Waals surface area contributed by atoms with Crippen LogP contribution in [0.15, 0.2) is 24.3 Å². The van der Waals surface area contributed by atoms with E-state index < -0.39 is 0 Å². The summed E-state index contributed by atoms with van der Waals surface area (Å²) in [6.07, 6.45) is 1.95. The fourth-order valence-electron chi connectivity index (χ4n) is 4.06. The molecule has 2 heterocycles. The third-order valence-electron chi connectivity index (χ3n) is 5.72. The minimum Gasteiger partial charge on any atom is -0.497 e. The molecule has 2 fully saturated rings. The molecule has 2 aliphatic heterocycles. The maximum atomic E-state index is 12.8. The summed E-state index contributed by atoms with van der Waals surface area (Å²) in [5, 5.41) is 3.43. The summed E-state index contributed by atoms with van der Waals surface area (Å²) in [4.78, 5) is 17.3. The van der Waals surface area contributed by atoms with Gasteiger partial charge in [0.15, 0.2) is 0 Å². The molecular weight excluding hydrogens is 350 g/mol. The highest BCUT2D eigenvalue weighted by Gasteiger charge is 2.31. The average Bonchev–Trinajstić information content (AvgIpc) is 2.67. The highest BCUT2D eigenvalue weighted by Crippen LogP contribution is 2.26. The summed E-state index contributed by atoms with van der Waals surface area (Å²) in [7, 11) is 1.70. The Balaban J connectivity index is 0.00000243. The van der Waals surface area contributed by atoms with Gasteiger partial charge in [0.2, 0.25) is 5.91 Å². The lowest BCUT2D eigenvalue weighted by atomic mass is 9.91. The predicted molar refractivity (Wildman–Crippen MR) is 107 cm³/mol. The van der Waals surface area contributed by atoms with Gasteiger partial charge in [-0.25, -0.2) is 0 Å². The molecule has 6 heteroatoms. The Kier molecular flexibility index (Phi) is 7.74. The minimum atomic E-state index is 0. The van der Waals surface area contributed by atoms with Crippen LogP contribution in [0, 0.1) is 5.92 Å². The smallest absolute Gasteiger partial charge is 0.225 e. The first kappa shape index (κ1) is 21.0. The van der Waals surface area contributed by atoms with Crippen molar-refractivity contribution >= 4 is 18.3 Å². The molecule has 0 aliphatic carbocycles. The number of halogens is 1. The first-order chi connectivity index (χ1) is 12.1. The van der Waals surface area contributed by atoms with Crippen LogP contribution in [0.25, 0.3) is 0 Å². The van der Waals surface area contributed by atoms with Crippen molar-refractivity contribution in [2.24, 2.45) is 5.92 Å². The first-order valence-electron chi connectivity index (χ1n) is 9.48. The zero-order chi connectivity index (χ0) is 17.8. The molecule has 1 N–H and O–H groups in total. The number of hydrogen-bond acceptors (Lipinski definition) is 4. The van der Waals surface area contributed by atoms with E-state index in [4.69, 9.17) is 4.74 Å². The van der Waals surface area contributed by atoms with Crippen molar-refractivity contribution < 1.29 is 9.53 Å². The first-order valence-corrected chi connectivity index (χ1v) is 9.48. The fraction of sp³-hybridized carbons (Fsp3) is 0.650. The van der Waals surface area contributed by atoms with E-state index >= 15 is 0 Å². The SMILES string of the molecule is COc1cccc(C(C)N2CCN(C(=O)[C@H]3CCN[C@@H](C)C3)CC2)c1.Cl. The van der Waals surface area contributed by atoms with E-state index in [1.165, 1.54) is 5.56 Å². The van der Waals surface area contributed by atoms with E-state index in [2.05, 4.69) is 41.1 Å². The summed E-state index contributed by atoms with van der Waals surface area (Å²) in [6.45, 7) is 8.92. The number of benzene rings is 1. The van der Waals surface area contributed by atoms with Gasteiger partial charge in [-0.2, -0.15) is 0 Å². The van der Waals surface area contributed by atoms with E-state index in [9.17, 15) is 4.79 Å². The predicted octanol–water partition coefficient (Wildman–Crippen LogP) is 2.71. The average molecular weight is 382 g/mol. The Hall–Kier alpha value is -1.30. The molecule has 1 aromatic carbocycles. The molecule has 0 aromatic heterocycles. The van der Waals surface area contributed by atoms with Gasteiger partial charge in [-0.1, -0.05) is 12.1 Å². The molecule has 0 saturated carbocycles. The third kappa shape index (κ3) is 4.90. The van der Waals surface area contributed by atoms with Crippen LogP contribution in [0.4, 0.5) is 0 Å². The van der Waals surface area contributed by atoms with Gasteiger partial charge in [0, 0.05) is 44.2 Å². The second kappa shape index (κ2) is 9.58. The van der Waals surface area contributed by atoms with Crippen molar-refractivity contribution in [2.75, 3.05) is 39.8 Å². The van der Waals surface area contributed by atoms with Gasteiger partial charge in [0.1, 0.15) is 5.75 Å². The molecule has 2 aliphatic rings. The second-order valence-corrected chi connectivity index (χ2v) is 7.39. The number of methoxy groups -OCH3 is 1. The Morgan fingerprint density at radius 1 is 1.27 bits per heavy atom. The van der Waals surface area contributed by atoms with Gasteiger partial charge < -0.3 is 15.0 Å². The van der Waals surface area contributed by atoms with Crippen LogP contribution in [-0.2, 0) is 4.79 Å². The van der Waals surface area contributed by atoms with Crippen molar-refractivity contribution in [3.8, 4) is 5.75 Å². The van der Waals surface area contributed by atoms with Crippen LogP contribution >= 0.6 is 12.4 Å². The molecule has 0 spiro atoms. The number of piperidine rings is 1. The van der Waals surface area contributed by atoms with Crippen molar-refractivity contribution in [2.45, 2.75) is 38.8 Å². The van der Waals surface area contributed by atoms with Gasteiger partial charge in [0.05, 0.1) is 7.11 Å². The van der Waals surface area contributed by atoms with Gasteiger partial charge in [-0.15, -0.1) is 12.4 Å². The summed E-state index contributed by atoms with van der Waals surface area (Å²) in [5.41, 5.74) is 1.27. The molecule has 1 unspecified atom stereocenters. The quantitative estimate of drug-likeness (QED) is 0.871. The van der Waals surface area contributed by atoms with Gasteiger partial charge in [-0.05, 0) is 50.9 Å². The number of piperazine rings is 1. The summed E-state index contributed by atoms with van der Waals surface area (Å²) >= 11 is 0. The Labute approximate surface area is 163 Å². The van der Waals surface area contributed by atoms with Crippen LogP contribution in [0.1, 0.15) is 38.3 Å². The summed E-state index contributed by atoms with van der Waals surface area (Å²) < 4.78 is 5.34. The van der Waals surface area contributed by atoms with E-state index in [0.29, 0.717) is 18.0 Å². The largest absolute Gasteiger partial charge is 0.497 e. The van der Waals surface area contributed by atoms with E-state index in [1.807, 2.05) is 12.1 Å². The number of nitrogens with one attached hydrogen (secondary N) is 1. The summed E-state index contributed by atoms with van der Waals surface area (Å²) in [6, 6.07) is 9.08. The second-order valence-electron chi connectivity index (χ2n) is 7.39. The number of amides is 1. The zero-order valence-electron chi connectivity index (χ0n) is 16.1. The van der Waals surface area contributed by atoms with Crippen LogP contribution in [-0.4, -0.2) is 61.6 Å². The Morgan fingerprint density at radius 2 is 2.00 bits per heavy atom. The molecule has 0 bridgehead atoms. The topological polar surface area (TPSA) is 44.8 Å². The van der Waals surface area contributed by atoms with Gasteiger partial charge in [0.25, 0.3) is 0 Å². The van der Waals surface area contributed by atoms with Gasteiger partial charge >= 0.3 is 0 Å². The number of carbonyl (C=O) groups excluding carboxylic acids is 1. The van der Waals surface area contributed by atoms with E-state index in [1.54, 1.807) is 7.11 Å². The van der Waals surface area contributed by atoms with Crippen molar-refractivity contribution in [3.63, 3.8) is 0 Å². The highest BCUT2D eigenvalue weighted by molar-refractivity contribution is 5.85. The van der Waals surface area contributed by atoms with Crippen LogP contribution in [0.3, 0.4) is 0 Å². The molecule has 26 heavy (non-hydrogen) atoms. The fourth-order valence-corrected chi connectivity index (χ4v) is 4.06. The lowest BCUT2D eigenvalue weighted by molar-refractivity contribution is -0.138. The normalized spacial score (nSPS) is 25.3. The highest BCUT2D eigenvalue weighted by atomic mass is 35.5. The van der Waals surface area contributed by atoms with Crippen LogP contribution in [0.5, 0.6) is 5.75 Å². The Bertz CT molecular complexity index is 590.